The van der Waals surface area contributed by atoms with Gasteiger partial charge in [0.25, 0.3) is 0 Å². The summed E-state index contributed by atoms with van der Waals surface area (Å²) in [5.74, 6) is 0.119. The summed E-state index contributed by atoms with van der Waals surface area (Å²) in [6, 6.07) is 8.23. The van der Waals surface area contributed by atoms with Gasteiger partial charge in [0.2, 0.25) is 11.8 Å². The van der Waals surface area contributed by atoms with Crippen LogP contribution in [0, 0.1) is 6.92 Å². The largest absolute Gasteiger partial charge is 0.376 e. The van der Waals surface area contributed by atoms with E-state index in [1.165, 1.54) is 11.1 Å². The second-order valence-corrected chi connectivity index (χ2v) is 6.96. The summed E-state index contributed by atoms with van der Waals surface area (Å²) in [6.45, 7) is 5.68. The maximum absolute atomic E-state index is 12.2. The van der Waals surface area contributed by atoms with Gasteiger partial charge in [0.15, 0.2) is 0 Å². The average molecular weight is 346 g/mol. The predicted octanol–water partition coefficient (Wildman–Crippen LogP) is 2.46. The first-order chi connectivity index (χ1) is 12.0. The fraction of sp³-hybridized carbons (Fsp3) is 0.600. The molecule has 0 radical (unpaired) electrons. The number of amides is 2. The fourth-order valence-corrected chi connectivity index (χ4v) is 3.50. The molecule has 5 nitrogen and oxygen atoms in total. The molecule has 1 saturated heterocycles. The zero-order valence-electron chi connectivity index (χ0n) is 15.6. The number of rotatable bonds is 7. The molecule has 1 aliphatic heterocycles. The highest BCUT2D eigenvalue weighted by Gasteiger charge is 2.36. The van der Waals surface area contributed by atoms with Crippen LogP contribution in [0.25, 0.3) is 0 Å². The van der Waals surface area contributed by atoms with Crippen LogP contribution in [0.4, 0.5) is 0 Å². The molecular weight excluding hydrogens is 316 g/mol. The Hall–Kier alpha value is -1.88. The lowest BCUT2D eigenvalue weighted by molar-refractivity contribution is -0.139. The number of methoxy groups -OCH3 is 1. The van der Waals surface area contributed by atoms with Crippen LogP contribution < -0.4 is 5.32 Å². The molecule has 138 valence electrons. The van der Waals surface area contributed by atoms with Crippen LogP contribution in [0.3, 0.4) is 0 Å². The average Bonchev–Trinajstić information content (AvgIpc) is 2.62. The van der Waals surface area contributed by atoms with Crippen LogP contribution in [-0.2, 0) is 20.7 Å². The maximum Gasteiger partial charge on any atom is 0.220 e. The van der Waals surface area contributed by atoms with Crippen molar-refractivity contribution in [2.75, 3.05) is 26.7 Å². The SMILES string of the molecule is CO[C@]1(CCC(=O)NCCc2ccccc2C)CCCN(C(C)=O)C1. The highest BCUT2D eigenvalue weighted by Crippen LogP contribution is 2.29. The smallest absolute Gasteiger partial charge is 0.220 e. The lowest BCUT2D eigenvalue weighted by Crippen LogP contribution is -2.51. The molecule has 5 heteroatoms. The van der Waals surface area contributed by atoms with Crippen LogP contribution in [-0.4, -0.2) is 49.1 Å². The van der Waals surface area contributed by atoms with Crippen LogP contribution >= 0.6 is 0 Å². The first kappa shape index (κ1) is 19.4. The number of hydrogen-bond donors (Lipinski definition) is 1. The maximum atomic E-state index is 12.2. The Morgan fingerprint density at radius 1 is 1.32 bits per heavy atom. The Bertz CT molecular complexity index is 602. The van der Waals surface area contributed by atoms with Crippen LogP contribution in [0.1, 0.15) is 43.7 Å². The van der Waals surface area contributed by atoms with Gasteiger partial charge in [-0.15, -0.1) is 0 Å². The molecule has 2 amide bonds. The molecule has 0 aromatic heterocycles. The third-order valence-corrected chi connectivity index (χ3v) is 5.20. The van der Waals surface area contributed by atoms with Crippen molar-refractivity contribution >= 4 is 11.8 Å². The van der Waals surface area contributed by atoms with E-state index in [1.54, 1.807) is 14.0 Å². The highest BCUT2D eigenvalue weighted by atomic mass is 16.5. The topological polar surface area (TPSA) is 58.6 Å². The third kappa shape index (κ3) is 5.56. The molecule has 0 spiro atoms. The summed E-state index contributed by atoms with van der Waals surface area (Å²) in [5, 5.41) is 3.00. The Labute approximate surface area is 150 Å². The minimum atomic E-state index is -0.392. The Morgan fingerprint density at radius 2 is 2.08 bits per heavy atom. The lowest BCUT2D eigenvalue weighted by atomic mass is 9.87. The molecule has 0 unspecified atom stereocenters. The van der Waals surface area contributed by atoms with E-state index in [0.29, 0.717) is 25.9 Å². The second-order valence-electron chi connectivity index (χ2n) is 6.96. The van der Waals surface area contributed by atoms with Gasteiger partial charge < -0.3 is 15.0 Å². The molecule has 1 aromatic rings. The van der Waals surface area contributed by atoms with Gasteiger partial charge in [-0.05, 0) is 43.7 Å². The Morgan fingerprint density at radius 3 is 2.76 bits per heavy atom. The molecule has 1 aromatic carbocycles. The van der Waals surface area contributed by atoms with E-state index >= 15 is 0 Å². The minimum absolute atomic E-state index is 0.0463. The number of ether oxygens (including phenoxy) is 1. The second kappa shape index (κ2) is 8.99. The molecular formula is C20H30N2O3. The predicted molar refractivity (Wildman–Crippen MR) is 98.4 cm³/mol. The molecule has 1 fully saturated rings. The molecule has 1 atom stereocenters. The van der Waals surface area contributed by atoms with E-state index in [2.05, 4.69) is 24.4 Å². The monoisotopic (exact) mass is 346 g/mol. The Balaban J connectivity index is 1.78. The lowest BCUT2D eigenvalue weighted by Gasteiger charge is -2.41. The molecule has 1 heterocycles. The normalized spacial score (nSPS) is 20.4. The van der Waals surface area contributed by atoms with Gasteiger partial charge in [0.1, 0.15) is 0 Å². The number of piperidine rings is 1. The Kier molecular flexibility index (Phi) is 7.00. The standard InChI is InChI=1S/C20H30N2O3/c1-16-7-4-5-8-18(16)10-13-21-19(24)9-12-20(25-3)11-6-14-22(15-20)17(2)23/h4-5,7-8H,6,9-15H2,1-3H3,(H,21,24)/t20-/m0/s1. The van der Waals surface area contributed by atoms with E-state index in [4.69, 9.17) is 4.74 Å². The minimum Gasteiger partial charge on any atom is -0.376 e. The first-order valence-electron chi connectivity index (χ1n) is 9.08. The van der Waals surface area contributed by atoms with Crippen molar-refractivity contribution in [3.05, 3.63) is 35.4 Å². The van der Waals surface area contributed by atoms with E-state index in [0.717, 1.165) is 25.8 Å². The van der Waals surface area contributed by atoms with E-state index in [-0.39, 0.29) is 11.8 Å². The van der Waals surface area contributed by atoms with Crippen molar-refractivity contribution in [1.29, 1.82) is 0 Å². The fourth-order valence-electron chi connectivity index (χ4n) is 3.50. The quantitative estimate of drug-likeness (QED) is 0.825. The summed E-state index contributed by atoms with van der Waals surface area (Å²) in [7, 11) is 1.68. The number of nitrogens with one attached hydrogen (secondary N) is 1. The van der Waals surface area contributed by atoms with Gasteiger partial charge in [-0.2, -0.15) is 0 Å². The summed E-state index contributed by atoms with van der Waals surface area (Å²) < 4.78 is 5.73. The number of carbonyl (C=O) groups is 2. The van der Waals surface area contributed by atoms with Crippen molar-refractivity contribution in [2.24, 2.45) is 0 Å². The van der Waals surface area contributed by atoms with Gasteiger partial charge in [-0.1, -0.05) is 24.3 Å². The molecule has 0 saturated carbocycles. The number of aryl methyl sites for hydroxylation is 1. The number of carbonyl (C=O) groups excluding carboxylic acids is 2. The van der Waals surface area contributed by atoms with Gasteiger partial charge in [0, 0.05) is 40.1 Å². The van der Waals surface area contributed by atoms with Crippen LogP contribution in [0.5, 0.6) is 0 Å². The first-order valence-corrected chi connectivity index (χ1v) is 9.08. The van der Waals surface area contributed by atoms with E-state index in [9.17, 15) is 9.59 Å². The van der Waals surface area contributed by atoms with Gasteiger partial charge in [-0.25, -0.2) is 0 Å². The third-order valence-electron chi connectivity index (χ3n) is 5.20. The van der Waals surface area contributed by atoms with Crippen molar-refractivity contribution in [3.63, 3.8) is 0 Å². The number of benzene rings is 1. The van der Waals surface area contributed by atoms with Crippen molar-refractivity contribution in [3.8, 4) is 0 Å². The van der Waals surface area contributed by atoms with Gasteiger partial charge in [0.05, 0.1) is 5.60 Å². The summed E-state index contributed by atoms with van der Waals surface area (Å²) in [4.78, 5) is 25.6. The van der Waals surface area contributed by atoms with Gasteiger partial charge in [-0.3, -0.25) is 9.59 Å². The number of likely N-dealkylation sites (tertiary alicyclic amines) is 1. The molecule has 25 heavy (non-hydrogen) atoms. The van der Waals surface area contributed by atoms with E-state index in [1.807, 2.05) is 17.0 Å². The molecule has 1 aliphatic rings. The zero-order valence-corrected chi connectivity index (χ0v) is 15.6. The van der Waals surface area contributed by atoms with Crippen molar-refractivity contribution in [2.45, 2.75) is 51.6 Å². The molecule has 2 rings (SSSR count). The van der Waals surface area contributed by atoms with Crippen LogP contribution in [0.2, 0.25) is 0 Å². The molecule has 0 bridgehead atoms. The summed E-state index contributed by atoms with van der Waals surface area (Å²) >= 11 is 0. The van der Waals surface area contributed by atoms with Gasteiger partial charge >= 0.3 is 0 Å². The van der Waals surface area contributed by atoms with Crippen molar-refractivity contribution < 1.29 is 14.3 Å². The zero-order chi connectivity index (χ0) is 18.3. The number of hydrogen-bond acceptors (Lipinski definition) is 3. The molecule has 0 aliphatic carbocycles. The highest BCUT2D eigenvalue weighted by molar-refractivity contribution is 5.76. The van der Waals surface area contributed by atoms with E-state index < -0.39 is 5.60 Å². The van der Waals surface area contributed by atoms with Crippen LogP contribution in [0.15, 0.2) is 24.3 Å². The van der Waals surface area contributed by atoms with Crippen molar-refractivity contribution in [1.82, 2.24) is 10.2 Å². The summed E-state index contributed by atoms with van der Waals surface area (Å²) in [5.41, 5.74) is 2.12. The summed E-state index contributed by atoms with van der Waals surface area (Å²) in [6.07, 6.45) is 3.72. The molecule has 1 N–H and O–H groups in total. The number of nitrogens with zero attached hydrogens (tertiary/aromatic N) is 1.